The van der Waals surface area contributed by atoms with Crippen molar-refractivity contribution in [3.05, 3.63) is 71.3 Å². The van der Waals surface area contributed by atoms with Gasteiger partial charge in [0, 0.05) is 12.8 Å². The molecule has 1 atom stereocenters. The van der Waals surface area contributed by atoms with E-state index in [1.165, 1.54) is 6.26 Å². The van der Waals surface area contributed by atoms with Crippen LogP contribution in [-0.2, 0) is 22.1 Å². The molecule has 2 N–H and O–H groups in total. The van der Waals surface area contributed by atoms with E-state index in [9.17, 15) is 13.2 Å². The summed E-state index contributed by atoms with van der Waals surface area (Å²) in [4.78, 5) is 12.0. The van der Waals surface area contributed by atoms with Gasteiger partial charge in [-0.25, -0.2) is 13.2 Å². The second-order valence-corrected chi connectivity index (χ2v) is 7.99. The smallest absolute Gasteiger partial charge is 0.315 e. The SMILES string of the molecule is C[C@H](NC(=O)NCc1cccc(CS(C)(=O)=O)c1)c1ccccc1. The van der Waals surface area contributed by atoms with Crippen LogP contribution >= 0.6 is 0 Å². The van der Waals surface area contributed by atoms with Crippen LogP contribution in [0.5, 0.6) is 0 Å². The summed E-state index contributed by atoms with van der Waals surface area (Å²) in [6.45, 7) is 2.26. The fourth-order valence-electron chi connectivity index (χ4n) is 2.39. The molecule has 0 aliphatic carbocycles. The Morgan fingerprint density at radius 3 is 2.38 bits per heavy atom. The molecule has 0 aromatic heterocycles. The van der Waals surface area contributed by atoms with Crippen LogP contribution in [0, 0.1) is 0 Å². The maximum Gasteiger partial charge on any atom is 0.315 e. The summed E-state index contributed by atoms with van der Waals surface area (Å²) < 4.78 is 22.7. The first-order chi connectivity index (χ1) is 11.3. The summed E-state index contributed by atoms with van der Waals surface area (Å²) in [6.07, 6.45) is 1.20. The van der Waals surface area contributed by atoms with Crippen LogP contribution in [-0.4, -0.2) is 20.7 Å². The lowest BCUT2D eigenvalue weighted by Crippen LogP contribution is -2.36. The molecule has 0 radical (unpaired) electrons. The van der Waals surface area contributed by atoms with Crippen molar-refractivity contribution in [3.8, 4) is 0 Å². The largest absolute Gasteiger partial charge is 0.334 e. The molecule has 128 valence electrons. The first kappa shape index (κ1) is 18.0. The zero-order chi connectivity index (χ0) is 17.6. The Balaban J connectivity index is 1.89. The highest BCUT2D eigenvalue weighted by Crippen LogP contribution is 2.11. The number of carbonyl (C=O) groups excluding carboxylic acids is 1. The van der Waals surface area contributed by atoms with Crippen LogP contribution < -0.4 is 10.6 Å². The number of benzene rings is 2. The minimum absolute atomic E-state index is 0.00191. The molecule has 0 saturated carbocycles. The average Bonchev–Trinajstić information content (AvgIpc) is 2.52. The number of sulfone groups is 1. The Morgan fingerprint density at radius 1 is 1.04 bits per heavy atom. The van der Waals surface area contributed by atoms with Crippen LogP contribution in [0.2, 0.25) is 0 Å². The second-order valence-electron chi connectivity index (χ2n) is 5.85. The van der Waals surface area contributed by atoms with E-state index in [4.69, 9.17) is 0 Å². The van der Waals surface area contributed by atoms with Gasteiger partial charge in [0.1, 0.15) is 0 Å². The van der Waals surface area contributed by atoms with Crippen molar-refractivity contribution in [2.75, 3.05) is 6.26 Å². The van der Waals surface area contributed by atoms with Gasteiger partial charge in [0.2, 0.25) is 0 Å². The van der Waals surface area contributed by atoms with Crippen molar-refractivity contribution in [1.29, 1.82) is 0 Å². The predicted molar refractivity (Wildman–Crippen MR) is 95.2 cm³/mol. The normalized spacial score (nSPS) is 12.4. The third-order valence-electron chi connectivity index (χ3n) is 3.52. The minimum atomic E-state index is -3.07. The number of urea groups is 1. The first-order valence-corrected chi connectivity index (χ1v) is 9.74. The Kier molecular flexibility index (Phi) is 5.98. The lowest BCUT2D eigenvalue weighted by molar-refractivity contribution is 0.237. The van der Waals surface area contributed by atoms with E-state index in [1.54, 1.807) is 18.2 Å². The fourth-order valence-corrected chi connectivity index (χ4v) is 3.17. The maximum absolute atomic E-state index is 12.0. The van der Waals surface area contributed by atoms with Crippen molar-refractivity contribution in [3.63, 3.8) is 0 Å². The average molecular weight is 346 g/mol. The van der Waals surface area contributed by atoms with E-state index in [-0.39, 0.29) is 17.8 Å². The Hall–Kier alpha value is -2.34. The summed E-state index contributed by atoms with van der Waals surface area (Å²) in [5.74, 6) is -0.00191. The molecule has 0 heterocycles. The summed E-state index contributed by atoms with van der Waals surface area (Å²) in [6, 6.07) is 16.6. The van der Waals surface area contributed by atoms with Gasteiger partial charge in [0.05, 0.1) is 11.8 Å². The Bertz CT molecular complexity index is 789. The van der Waals surface area contributed by atoms with Crippen LogP contribution in [0.4, 0.5) is 4.79 Å². The molecule has 5 nitrogen and oxygen atoms in total. The van der Waals surface area contributed by atoms with Crippen molar-refractivity contribution < 1.29 is 13.2 Å². The van der Waals surface area contributed by atoms with E-state index in [0.717, 1.165) is 16.7 Å². The molecule has 0 spiro atoms. The Labute approximate surface area is 143 Å². The molecule has 2 amide bonds. The molecule has 0 unspecified atom stereocenters. The number of hydrogen-bond acceptors (Lipinski definition) is 3. The standard InChI is InChI=1S/C18H22N2O3S/c1-14(17-9-4-3-5-10-17)20-18(21)19-12-15-7-6-8-16(11-15)13-24(2,22)23/h3-11,14H,12-13H2,1-2H3,(H2,19,20,21)/t14-/m0/s1. The van der Waals surface area contributed by atoms with Crippen molar-refractivity contribution in [2.45, 2.75) is 25.3 Å². The van der Waals surface area contributed by atoms with E-state index < -0.39 is 9.84 Å². The minimum Gasteiger partial charge on any atom is -0.334 e. The van der Waals surface area contributed by atoms with Gasteiger partial charge in [-0.15, -0.1) is 0 Å². The second kappa shape index (κ2) is 7.97. The molecule has 0 aliphatic rings. The summed E-state index contributed by atoms with van der Waals surface area (Å²) >= 11 is 0. The molecule has 2 rings (SSSR count). The molecule has 0 aliphatic heterocycles. The molecule has 0 saturated heterocycles. The van der Waals surface area contributed by atoms with Crippen molar-refractivity contribution >= 4 is 15.9 Å². The van der Waals surface area contributed by atoms with Crippen molar-refractivity contribution in [2.24, 2.45) is 0 Å². The highest BCUT2D eigenvalue weighted by molar-refractivity contribution is 7.89. The van der Waals surface area contributed by atoms with Gasteiger partial charge in [0.25, 0.3) is 0 Å². The monoisotopic (exact) mass is 346 g/mol. The highest BCUT2D eigenvalue weighted by Gasteiger charge is 2.09. The van der Waals surface area contributed by atoms with Gasteiger partial charge in [-0.3, -0.25) is 0 Å². The van der Waals surface area contributed by atoms with E-state index in [2.05, 4.69) is 10.6 Å². The zero-order valence-electron chi connectivity index (χ0n) is 13.8. The molecule has 2 aromatic carbocycles. The maximum atomic E-state index is 12.0. The predicted octanol–water partition coefficient (Wildman–Crippen LogP) is 2.79. The van der Waals surface area contributed by atoms with Gasteiger partial charge in [-0.05, 0) is 23.6 Å². The molecule has 0 bridgehead atoms. The molecule has 24 heavy (non-hydrogen) atoms. The van der Waals surface area contributed by atoms with Gasteiger partial charge in [0.15, 0.2) is 9.84 Å². The van der Waals surface area contributed by atoms with Gasteiger partial charge in [-0.1, -0.05) is 54.6 Å². The van der Waals surface area contributed by atoms with Crippen LogP contribution in [0.15, 0.2) is 54.6 Å². The number of carbonyl (C=O) groups is 1. The van der Waals surface area contributed by atoms with Crippen LogP contribution in [0.3, 0.4) is 0 Å². The molecular weight excluding hydrogens is 324 g/mol. The van der Waals surface area contributed by atoms with E-state index in [0.29, 0.717) is 6.54 Å². The number of nitrogens with one attached hydrogen (secondary N) is 2. The fraction of sp³-hybridized carbons (Fsp3) is 0.278. The summed E-state index contributed by atoms with van der Waals surface area (Å²) in [5.41, 5.74) is 2.61. The lowest BCUT2D eigenvalue weighted by Gasteiger charge is -2.15. The zero-order valence-corrected chi connectivity index (χ0v) is 14.6. The first-order valence-electron chi connectivity index (χ1n) is 7.68. The molecule has 0 fully saturated rings. The van der Waals surface area contributed by atoms with Gasteiger partial charge >= 0.3 is 6.03 Å². The third kappa shape index (κ3) is 6.04. The quantitative estimate of drug-likeness (QED) is 0.844. The molecule has 2 aromatic rings. The molecular formula is C18H22N2O3S. The Morgan fingerprint density at radius 2 is 1.71 bits per heavy atom. The van der Waals surface area contributed by atoms with Gasteiger partial charge < -0.3 is 10.6 Å². The third-order valence-corrected chi connectivity index (χ3v) is 4.38. The number of hydrogen-bond donors (Lipinski definition) is 2. The van der Waals surface area contributed by atoms with Gasteiger partial charge in [-0.2, -0.15) is 0 Å². The summed E-state index contributed by atoms with van der Waals surface area (Å²) in [5, 5.41) is 5.66. The van der Waals surface area contributed by atoms with Crippen LogP contribution in [0.25, 0.3) is 0 Å². The number of amides is 2. The van der Waals surface area contributed by atoms with Crippen LogP contribution in [0.1, 0.15) is 29.7 Å². The van der Waals surface area contributed by atoms with E-state index >= 15 is 0 Å². The summed E-state index contributed by atoms with van der Waals surface area (Å²) in [7, 11) is -3.07. The lowest BCUT2D eigenvalue weighted by atomic mass is 10.1. The molecule has 6 heteroatoms. The topological polar surface area (TPSA) is 75.3 Å². The van der Waals surface area contributed by atoms with E-state index in [1.807, 2.05) is 43.3 Å². The number of rotatable bonds is 6. The highest BCUT2D eigenvalue weighted by atomic mass is 32.2. The van der Waals surface area contributed by atoms with Crippen molar-refractivity contribution in [1.82, 2.24) is 10.6 Å².